The SMILES string of the molecule is CCP(=O)(CC)c1ccccc1-c1c(OC)cccc1N(C)C. The van der Waals surface area contributed by atoms with Crippen LogP contribution in [-0.4, -0.2) is 33.5 Å². The van der Waals surface area contributed by atoms with Crippen molar-refractivity contribution in [2.75, 3.05) is 38.4 Å². The minimum atomic E-state index is -2.39. The molecule has 0 spiro atoms. The third kappa shape index (κ3) is 3.30. The summed E-state index contributed by atoms with van der Waals surface area (Å²) >= 11 is 0. The van der Waals surface area contributed by atoms with Gasteiger partial charge in [-0.1, -0.05) is 44.2 Å². The van der Waals surface area contributed by atoms with Crippen molar-refractivity contribution in [2.24, 2.45) is 0 Å². The van der Waals surface area contributed by atoms with Crippen molar-refractivity contribution in [3.63, 3.8) is 0 Å². The van der Waals surface area contributed by atoms with Gasteiger partial charge in [0.15, 0.2) is 0 Å². The molecule has 2 rings (SSSR count). The van der Waals surface area contributed by atoms with E-state index in [4.69, 9.17) is 4.74 Å². The highest BCUT2D eigenvalue weighted by molar-refractivity contribution is 7.71. The lowest BCUT2D eigenvalue weighted by atomic mass is 10.0. The molecule has 4 heteroatoms. The van der Waals surface area contributed by atoms with Crippen LogP contribution in [0.2, 0.25) is 0 Å². The third-order valence-electron chi connectivity index (χ3n) is 4.34. The predicted molar refractivity (Wildman–Crippen MR) is 101 cm³/mol. The maximum absolute atomic E-state index is 13.4. The zero-order chi connectivity index (χ0) is 17.0. The van der Waals surface area contributed by atoms with Crippen molar-refractivity contribution >= 4 is 18.1 Å². The highest BCUT2D eigenvalue weighted by Crippen LogP contribution is 2.48. The third-order valence-corrected chi connectivity index (χ3v) is 7.65. The average molecular weight is 331 g/mol. The summed E-state index contributed by atoms with van der Waals surface area (Å²) in [6, 6.07) is 14.0. The molecule has 0 saturated carbocycles. The second-order valence-corrected chi connectivity index (χ2v) is 9.31. The first-order chi connectivity index (χ1) is 11.0. The molecule has 0 atom stereocenters. The zero-order valence-corrected chi connectivity index (χ0v) is 15.6. The first-order valence-corrected chi connectivity index (χ1v) is 10.1. The quantitative estimate of drug-likeness (QED) is 0.732. The number of anilines is 1. The predicted octanol–water partition coefficient (Wildman–Crippen LogP) is 4.46. The monoisotopic (exact) mass is 331 g/mol. The first kappa shape index (κ1) is 17.6. The molecule has 0 aromatic heterocycles. The van der Waals surface area contributed by atoms with Crippen molar-refractivity contribution in [3.05, 3.63) is 42.5 Å². The van der Waals surface area contributed by atoms with Gasteiger partial charge in [-0.2, -0.15) is 0 Å². The molecule has 2 aromatic carbocycles. The zero-order valence-electron chi connectivity index (χ0n) is 14.7. The molecule has 23 heavy (non-hydrogen) atoms. The van der Waals surface area contributed by atoms with Crippen LogP contribution < -0.4 is 14.9 Å². The molecule has 0 aliphatic rings. The Morgan fingerprint density at radius 3 is 2.22 bits per heavy atom. The molecule has 0 amide bonds. The van der Waals surface area contributed by atoms with E-state index < -0.39 is 7.14 Å². The molecule has 0 fully saturated rings. The minimum absolute atomic E-state index is 0.674. The van der Waals surface area contributed by atoms with Crippen molar-refractivity contribution in [2.45, 2.75) is 13.8 Å². The fourth-order valence-electron chi connectivity index (χ4n) is 2.94. The minimum Gasteiger partial charge on any atom is -0.496 e. The van der Waals surface area contributed by atoms with Crippen LogP contribution in [0.25, 0.3) is 11.1 Å². The van der Waals surface area contributed by atoms with E-state index in [0.717, 1.165) is 27.9 Å². The molecule has 0 aliphatic carbocycles. The number of benzene rings is 2. The molecular formula is C19H26NO2P. The van der Waals surface area contributed by atoms with Gasteiger partial charge in [-0.05, 0) is 17.7 Å². The van der Waals surface area contributed by atoms with Crippen LogP contribution in [0.4, 0.5) is 5.69 Å². The normalized spacial score (nSPS) is 11.3. The van der Waals surface area contributed by atoms with Crippen LogP contribution in [0.5, 0.6) is 5.75 Å². The van der Waals surface area contributed by atoms with E-state index in [0.29, 0.717) is 12.3 Å². The molecule has 2 aromatic rings. The molecule has 0 N–H and O–H groups in total. The molecule has 0 bridgehead atoms. The summed E-state index contributed by atoms with van der Waals surface area (Å²) in [5, 5.41) is 0.956. The van der Waals surface area contributed by atoms with E-state index in [-0.39, 0.29) is 0 Å². The van der Waals surface area contributed by atoms with Gasteiger partial charge in [-0.15, -0.1) is 0 Å². The summed E-state index contributed by atoms with van der Waals surface area (Å²) in [5.41, 5.74) is 3.09. The van der Waals surface area contributed by atoms with E-state index in [9.17, 15) is 4.57 Å². The van der Waals surface area contributed by atoms with E-state index in [1.165, 1.54) is 0 Å². The van der Waals surface area contributed by atoms with Crippen molar-refractivity contribution in [3.8, 4) is 16.9 Å². The van der Waals surface area contributed by atoms with Gasteiger partial charge in [0.2, 0.25) is 0 Å². The number of methoxy groups -OCH3 is 1. The fraction of sp³-hybridized carbons (Fsp3) is 0.368. The maximum Gasteiger partial charge on any atom is 0.128 e. The van der Waals surface area contributed by atoms with Crippen molar-refractivity contribution in [1.82, 2.24) is 0 Å². The lowest BCUT2D eigenvalue weighted by Gasteiger charge is -2.24. The van der Waals surface area contributed by atoms with Gasteiger partial charge in [0.25, 0.3) is 0 Å². The Kier molecular flexibility index (Phi) is 5.54. The highest BCUT2D eigenvalue weighted by Gasteiger charge is 2.26. The van der Waals surface area contributed by atoms with E-state index in [1.807, 2.05) is 58.3 Å². The van der Waals surface area contributed by atoms with Crippen LogP contribution >= 0.6 is 7.14 Å². The summed E-state index contributed by atoms with van der Waals surface area (Å²) in [6.45, 7) is 4.02. The van der Waals surface area contributed by atoms with Gasteiger partial charge >= 0.3 is 0 Å². The van der Waals surface area contributed by atoms with Gasteiger partial charge in [0.05, 0.1) is 7.11 Å². The number of rotatable bonds is 6. The Bertz CT molecular complexity index is 717. The van der Waals surface area contributed by atoms with Crippen LogP contribution in [0.3, 0.4) is 0 Å². The van der Waals surface area contributed by atoms with Crippen LogP contribution in [0.15, 0.2) is 42.5 Å². The lowest BCUT2D eigenvalue weighted by molar-refractivity contribution is 0.416. The van der Waals surface area contributed by atoms with Crippen LogP contribution in [0.1, 0.15) is 13.8 Å². The van der Waals surface area contributed by atoms with Crippen LogP contribution in [-0.2, 0) is 4.57 Å². The fourth-order valence-corrected chi connectivity index (χ4v) is 5.05. The van der Waals surface area contributed by atoms with E-state index in [1.54, 1.807) is 7.11 Å². The smallest absolute Gasteiger partial charge is 0.128 e. The molecule has 0 saturated heterocycles. The Balaban J connectivity index is 2.81. The molecule has 0 heterocycles. The number of hydrogen-bond acceptors (Lipinski definition) is 3. The van der Waals surface area contributed by atoms with Gasteiger partial charge in [0, 0.05) is 43.0 Å². The number of nitrogens with zero attached hydrogens (tertiary/aromatic N) is 1. The Labute approximate surface area is 139 Å². The summed E-state index contributed by atoms with van der Waals surface area (Å²) in [4.78, 5) is 2.07. The van der Waals surface area contributed by atoms with Gasteiger partial charge in [0.1, 0.15) is 12.9 Å². The molecule has 0 aliphatic heterocycles. The summed E-state index contributed by atoms with van der Waals surface area (Å²) in [5.74, 6) is 0.808. The molecule has 124 valence electrons. The van der Waals surface area contributed by atoms with Gasteiger partial charge < -0.3 is 14.2 Å². The Morgan fingerprint density at radius 2 is 1.65 bits per heavy atom. The Hall–Kier alpha value is -1.73. The summed E-state index contributed by atoms with van der Waals surface area (Å²) in [6.07, 6.45) is 1.35. The number of hydrogen-bond donors (Lipinski definition) is 0. The summed E-state index contributed by atoms with van der Waals surface area (Å²) < 4.78 is 19.0. The summed E-state index contributed by atoms with van der Waals surface area (Å²) in [7, 11) is 3.32. The van der Waals surface area contributed by atoms with Crippen molar-refractivity contribution in [1.29, 1.82) is 0 Å². The topological polar surface area (TPSA) is 29.5 Å². The lowest BCUT2D eigenvalue weighted by Crippen LogP contribution is -2.15. The average Bonchev–Trinajstić information content (AvgIpc) is 2.60. The second-order valence-electron chi connectivity index (χ2n) is 5.79. The van der Waals surface area contributed by atoms with E-state index >= 15 is 0 Å². The number of ether oxygens (including phenoxy) is 1. The molecule has 0 radical (unpaired) electrons. The van der Waals surface area contributed by atoms with E-state index in [2.05, 4.69) is 17.0 Å². The molecule has 3 nitrogen and oxygen atoms in total. The Morgan fingerprint density at radius 1 is 1.00 bits per heavy atom. The first-order valence-electron chi connectivity index (χ1n) is 8.00. The second kappa shape index (κ2) is 7.23. The maximum atomic E-state index is 13.4. The molecular weight excluding hydrogens is 305 g/mol. The highest BCUT2D eigenvalue weighted by atomic mass is 31.2. The van der Waals surface area contributed by atoms with Crippen molar-refractivity contribution < 1.29 is 9.30 Å². The standard InChI is InChI=1S/C19H26NO2P/c1-6-23(21,7-2)18-14-9-8-11-15(18)19-16(20(3)4)12-10-13-17(19)22-5/h8-14H,6-7H2,1-5H3. The van der Waals surface area contributed by atoms with Crippen LogP contribution in [0, 0.1) is 0 Å². The molecule has 0 unspecified atom stereocenters. The van der Waals surface area contributed by atoms with Gasteiger partial charge in [-0.25, -0.2) is 0 Å². The largest absolute Gasteiger partial charge is 0.496 e. The van der Waals surface area contributed by atoms with Gasteiger partial charge in [-0.3, -0.25) is 0 Å².